The maximum atomic E-state index is 13.5. The number of nitrogens with one attached hydrogen (secondary N) is 2. The summed E-state index contributed by atoms with van der Waals surface area (Å²) >= 11 is 12.2. The minimum absolute atomic E-state index is 0.261. The Morgan fingerprint density at radius 1 is 0.889 bits per heavy atom. The first-order valence-electron chi connectivity index (χ1n) is 14.6. The molecule has 0 bridgehead atoms. The van der Waals surface area contributed by atoms with E-state index in [1.165, 1.54) is 17.2 Å². The van der Waals surface area contributed by atoms with Crippen LogP contribution in [-0.2, 0) is 22.6 Å². The number of aryl methyl sites for hydroxylation is 1. The first-order chi connectivity index (χ1) is 21.7. The number of hydrazone groups is 1. The Kier molecular flexibility index (Phi) is 10.2. The molecule has 5 rings (SSSR count). The fourth-order valence-corrected chi connectivity index (χ4v) is 5.67. The number of carbonyl (C=O) groups excluding carboxylic acids is 2. The van der Waals surface area contributed by atoms with Gasteiger partial charge < -0.3 is 14.6 Å². The van der Waals surface area contributed by atoms with Crippen LogP contribution in [0.15, 0.2) is 102 Å². The lowest BCUT2D eigenvalue weighted by Gasteiger charge is -2.21. The van der Waals surface area contributed by atoms with Gasteiger partial charge in [0, 0.05) is 40.1 Å². The summed E-state index contributed by atoms with van der Waals surface area (Å²) in [4.78, 5) is 26.6. The van der Waals surface area contributed by atoms with Crippen molar-refractivity contribution in [2.75, 3.05) is 0 Å². The zero-order valence-corrected chi connectivity index (χ0v) is 26.8. The van der Waals surface area contributed by atoms with E-state index in [4.69, 9.17) is 27.9 Å². The number of carbonyl (C=O) groups is 2. The van der Waals surface area contributed by atoms with Crippen LogP contribution in [0.2, 0.25) is 10.0 Å². The number of hydrogen-bond acceptors (Lipinski definition) is 4. The van der Waals surface area contributed by atoms with Crippen molar-refractivity contribution in [2.24, 2.45) is 5.10 Å². The van der Waals surface area contributed by atoms with Crippen molar-refractivity contribution >= 4 is 52.1 Å². The smallest absolute Gasteiger partial charge is 0.262 e. The van der Waals surface area contributed by atoms with Crippen LogP contribution in [0.4, 0.5) is 0 Å². The molecule has 1 aromatic heterocycles. The van der Waals surface area contributed by atoms with Gasteiger partial charge >= 0.3 is 0 Å². The lowest BCUT2D eigenvalue weighted by atomic mass is 10.1. The molecule has 2 amide bonds. The lowest BCUT2D eigenvalue weighted by molar-refractivity contribution is -0.132. The van der Waals surface area contributed by atoms with E-state index in [2.05, 4.69) is 57.7 Å². The van der Waals surface area contributed by atoms with E-state index in [0.717, 1.165) is 27.7 Å². The van der Waals surface area contributed by atoms with Gasteiger partial charge in [0.2, 0.25) is 0 Å². The summed E-state index contributed by atoms with van der Waals surface area (Å²) in [5.74, 6) is -0.619. The maximum Gasteiger partial charge on any atom is 0.262 e. The fraction of sp³-hybridized carbons (Fsp3) is 0.194. The molecule has 7 nitrogen and oxygen atoms in total. The van der Waals surface area contributed by atoms with E-state index in [1.54, 1.807) is 25.3 Å². The number of amides is 2. The van der Waals surface area contributed by atoms with Crippen LogP contribution in [-0.4, -0.2) is 34.7 Å². The minimum Gasteiger partial charge on any atom is -0.479 e. The predicted molar refractivity (Wildman–Crippen MR) is 181 cm³/mol. The summed E-state index contributed by atoms with van der Waals surface area (Å²) in [6.07, 6.45) is 0.996. The molecule has 230 valence electrons. The highest BCUT2D eigenvalue weighted by Gasteiger charge is 2.25. The quantitative estimate of drug-likeness (QED) is 0.118. The number of hydrogen-bond donors (Lipinski definition) is 2. The third-order valence-corrected chi connectivity index (χ3v) is 8.08. The van der Waals surface area contributed by atoms with Crippen molar-refractivity contribution in [3.05, 3.63) is 135 Å². The molecule has 0 saturated heterocycles. The van der Waals surface area contributed by atoms with Crippen molar-refractivity contribution in [2.45, 2.75) is 45.9 Å². The molecule has 5 aromatic rings. The number of nitrogens with zero attached hydrogens (tertiary/aromatic N) is 2. The zero-order chi connectivity index (χ0) is 31.9. The number of aromatic nitrogens is 1. The van der Waals surface area contributed by atoms with Gasteiger partial charge in [0.05, 0.1) is 11.2 Å². The Bertz CT molecular complexity index is 1850. The maximum absolute atomic E-state index is 13.5. The highest BCUT2D eigenvalue weighted by Crippen LogP contribution is 2.28. The lowest BCUT2D eigenvalue weighted by Crippen LogP contribution is -2.50. The van der Waals surface area contributed by atoms with Gasteiger partial charge in [-0.3, -0.25) is 9.59 Å². The van der Waals surface area contributed by atoms with Gasteiger partial charge in [-0.1, -0.05) is 102 Å². The first kappa shape index (κ1) is 31.8. The normalized spacial score (nSPS) is 12.6. The Balaban J connectivity index is 1.33. The molecule has 4 aromatic carbocycles. The van der Waals surface area contributed by atoms with Crippen LogP contribution in [0.3, 0.4) is 0 Å². The van der Waals surface area contributed by atoms with Crippen LogP contribution in [0, 0.1) is 13.8 Å². The number of ether oxygens (including phenoxy) is 1. The predicted octanol–water partition coefficient (Wildman–Crippen LogP) is 7.26. The second kappa shape index (κ2) is 14.5. The van der Waals surface area contributed by atoms with Crippen molar-refractivity contribution in [1.82, 2.24) is 15.3 Å². The summed E-state index contributed by atoms with van der Waals surface area (Å²) in [6.45, 7) is 6.43. The molecule has 0 unspecified atom stereocenters. The van der Waals surface area contributed by atoms with Gasteiger partial charge in [-0.25, -0.2) is 5.43 Å². The van der Waals surface area contributed by atoms with E-state index in [9.17, 15) is 9.59 Å². The Hall–Kier alpha value is -4.59. The third-order valence-electron chi connectivity index (χ3n) is 7.55. The second-order valence-corrected chi connectivity index (χ2v) is 11.8. The molecule has 0 aliphatic carbocycles. The van der Waals surface area contributed by atoms with Crippen molar-refractivity contribution < 1.29 is 14.3 Å². The molecule has 1 heterocycles. The summed E-state index contributed by atoms with van der Waals surface area (Å²) in [7, 11) is 0. The molecule has 0 aliphatic rings. The minimum atomic E-state index is -0.930. The van der Waals surface area contributed by atoms with Gasteiger partial charge in [-0.2, -0.15) is 5.10 Å². The number of para-hydroxylation sites is 1. The summed E-state index contributed by atoms with van der Waals surface area (Å²) < 4.78 is 8.02. The average Bonchev–Trinajstić information content (AvgIpc) is 3.28. The van der Waals surface area contributed by atoms with Crippen molar-refractivity contribution in [3.63, 3.8) is 0 Å². The van der Waals surface area contributed by atoms with Gasteiger partial charge in [-0.05, 0) is 56.2 Å². The Morgan fingerprint density at radius 3 is 2.38 bits per heavy atom. The van der Waals surface area contributed by atoms with E-state index in [0.29, 0.717) is 17.3 Å². The Labute approximate surface area is 272 Å². The van der Waals surface area contributed by atoms with Crippen LogP contribution in [0.1, 0.15) is 34.9 Å². The van der Waals surface area contributed by atoms with Crippen molar-refractivity contribution in [3.8, 4) is 5.75 Å². The molecule has 0 saturated carbocycles. The molecule has 45 heavy (non-hydrogen) atoms. The molecular weight excluding hydrogens is 607 g/mol. The van der Waals surface area contributed by atoms with Gasteiger partial charge in [0.15, 0.2) is 6.10 Å². The molecular formula is C36H34Cl2N4O3. The molecule has 0 spiro atoms. The number of halogens is 2. The summed E-state index contributed by atoms with van der Waals surface area (Å²) in [6, 6.07) is 29.9. The number of fused-ring (bicyclic) bond motifs is 1. The molecule has 0 radical (unpaired) electrons. The number of benzene rings is 4. The zero-order valence-electron chi connectivity index (χ0n) is 25.3. The summed E-state index contributed by atoms with van der Waals surface area (Å²) in [5.41, 5.74) is 8.95. The van der Waals surface area contributed by atoms with E-state index >= 15 is 0 Å². The highest BCUT2D eigenvalue weighted by atomic mass is 35.5. The molecule has 2 atom stereocenters. The average molecular weight is 642 g/mol. The van der Waals surface area contributed by atoms with E-state index < -0.39 is 24.0 Å². The van der Waals surface area contributed by atoms with E-state index in [-0.39, 0.29) is 11.4 Å². The Morgan fingerprint density at radius 2 is 1.62 bits per heavy atom. The molecule has 0 fully saturated rings. The molecule has 0 aliphatic heterocycles. The standard InChI is InChI=1S/C36H34Cl2N4O3/c1-23-10-9-13-27(18-23)22-42-24(2)30(29-14-7-8-15-33(29)42)21-39-41-36(44)32(19-26-11-5-4-6-12-26)40-35(43)25(3)45-34-17-16-28(37)20-31(34)38/h4-18,20-21,25,32H,19,22H2,1-3H3,(H,40,43)(H,41,44)/b39-21-/t25-,32+/m1/s1. The monoisotopic (exact) mass is 640 g/mol. The largest absolute Gasteiger partial charge is 0.479 e. The molecule has 2 N–H and O–H groups in total. The first-order valence-corrected chi connectivity index (χ1v) is 15.4. The number of rotatable bonds is 11. The fourth-order valence-electron chi connectivity index (χ4n) is 5.22. The van der Waals surface area contributed by atoms with Gasteiger partial charge in [0.1, 0.15) is 11.8 Å². The topological polar surface area (TPSA) is 84.7 Å². The highest BCUT2D eigenvalue weighted by molar-refractivity contribution is 6.35. The molecule has 9 heteroatoms. The van der Waals surface area contributed by atoms with Crippen molar-refractivity contribution in [1.29, 1.82) is 0 Å². The van der Waals surface area contributed by atoms with Crippen LogP contribution in [0.25, 0.3) is 10.9 Å². The van der Waals surface area contributed by atoms with Crippen LogP contribution in [0.5, 0.6) is 5.75 Å². The van der Waals surface area contributed by atoms with Crippen LogP contribution >= 0.6 is 23.2 Å². The SMILES string of the molecule is Cc1cccc(Cn2c(C)c(/C=N\NC(=O)[C@H](Cc3ccccc3)NC(=O)[C@@H](C)Oc3ccc(Cl)cc3Cl)c3ccccc32)c1. The third kappa shape index (κ3) is 7.93. The summed E-state index contributed by atoms with van der Waals surface area (Å²) in [5, 5.41) is 8.92. The second-order valence-electron chi connectivity index (χ2n) is 10.9. The van der Waals surface area contributed by atoms with Gasteiger partial charge in [0.25, 0.3) is 11.8 Å². The van der Waals surface area contributed by atoms with Crippen LogP contribution < -0.4 is 15.5 Å². The van der Waals surface area contributed by atoms with E-state index in [1.807, 2.05) is 55.5 Å². The van der Waals surface area contributed by atoms with Gasteiger partial charge in [-0.15, -0.1) is 0 Å².